The quantitative estimate of drug-likeness (QED) is 0.748. The number of imide groups is 1. The number of nitrogens with zero attached hydrogens (tertiary/aromatic N) is 1. The maximum absolute atomic E-state index is 11.9. The fourth-order valence-corrected chi connectivity index (χ4v) is 3.16. The van der Waals surface area contributed by atoms with Gasteiger partial charge in [-0.2, -0.15) is 0 Å². The summed E-state index contributed by atoms with van der Waals surface area (Å²) >= 11 is 0. The predicted octanol–water partition coefficient (Wildman–Crippen LogP) is 1.38. The van der Waals surface area contributed by atoms with E-state index in [2.05, 4.69) is 5.32 Å². The van der Waals surface area contributed by atoms with Crippen molar-refractivity contribution in [3.63, 3.8) is 0 Å². The monoisotopic (exact) mass is 280 g/mol. The molecular weight excluding hydrogens is 260 g/mol. The van der Waals surface area contributed by atoms with Crippen molar-refractivity contribution in [2.75, 3.05) is 13.1 Å². The lowest BCUT2D eigenvalue weighted by molar-refractivity contribution is -0.131. The molecule has 2 fully saturated rings. The molecule has 6 heteroatoms. The average Bonchev–Trinajstić information content (AvgIpc) is 2.44. The lowest BCUT2D eigenvalue weighted by Gasteiger charge is -2.41. The van der Waals surface area contributed by atoms with Crippen molar-refractivity contribution in [2.45, 2.75) is 32.1 Å². The van der Waals surface area contributed by atoms with Crippen LogP contribution in [0.15, 0.2) is 12.2 Å². The molecule has 0 aromatic carbocycles. The van der Waals surface area contributed by atoms with Gasteiger partial charge in [-0.25, -0.2) is 9.59 Å². The summed E-state index contributed by atoms with van der Waals surface area (Å²) in [6.07, 6.45) is 7.48. The number of hydrogen-bond donors (Lipinski definition) is 2. The van der Waals surface area contributed by atoms with E-state index in [9.17, 15) is 14.4 Å². The number of carbonyl (C=O) groups is 3. The fraction of sp³-hybridized carbons (Fsp3) is 0.643. The van der Waals surface area contributed by atoms with Gasteiger partial charge in [-0.05, 0) is 24.7 Å². The summed E-state index contributed by atoms with van der Waals surface area (Å²) in [6, 6.07) is -0.422. The van der Waals surface area contributed by atoms with Crippen LogP contribution in [0, 0.1) is 11.8 Å². The first kappa shape index (κ1) is 14.6. The molecule has 0 spiro atoms. The normalized spacial score (nSPS) is 26.1. The Bertz CT molecular complexity index is 433. The molecular formula is C14H20N2O4. The van der Waals surface area contributed by atoms with Crippen molar-refractivity contribution >= 4 is 17.9 Å². The Morgan fingerprint density at radius 3 is 2.45 bits per heavy atom. The van der Waals surface area contributed by atoms with Gasteiger partial charge in [0.15, 0.2) is 0 Å². The van der Waals surface area contributed by atoms with Gasteiger partial charge >= 0.3 is 12.0 Å². The van der Waals surface area contributed by atoms with E-state index in [0.29, 0.717) is 19.0 Å². The number of hydrogen-bond acceptors (Lipinski definition) is 3. The molecule has 1 saturated carbocycles. The number of urea groups is 1. The summed E-state index contributed by atoms with van der Waals surface area (Å²) in [7, 11) is 0. The minimum absolute atomic E-state index is 0.422. The van der Waals surface area contributed by atoms with Gasteiger partial charge in [0.2, 0.25) is 0 Å². The fourth-order valence-electron chi connectivity index (χ4n) is 3.16. The second-order valence-electron chi connectivity index (χ2n) is 5.51. The van der Waals surface area contributed by atoms with Crippen LogP contribution in [0.3, 0.4) is 0 Å². The van der Waals surface area contributed by atoms with E-state index in [1.807, 2.05) is 0 Å². The molecule has 0 aromatic rings. The Hall–Kier alpha value is -1.85. The molecule has 0 aromatic heterocycles. The lowest BCUT2D eigenvalue weighted by atomic mass is 9.75. The molecule has 1 heterocycles. The molecule has 110 valence electrons. The van der Waals surface area contributed by atoms with Crippen molar-refractivity contribution in [2.24, 2.45) is 11.8 Å². The lowest BCUT2D eigenvalue weighted by Crippen LogP contribution is -2.49. The van der Waals surface area contributed by atoms with Crippen LogP contribution in [0.5, 0.6) is 0 Å². The molecule has 0 bridgehead atoms. The van der Waals surface area contributed by atoms with Gasteiger partial charge in [-0.3, -0.25) is 10.1 Å². The van der Waals surface area contributed by atoms with Gasteiger partial charge in [0, 0.05) is 25.2 Å². The van der Waals surface area contributed by atoms with Crippen LogP contribution in [0.2, 0.25) is 0 Å². The number of carboxylic acids is 1. The number of nitrogens with one attached hydrogen (secondary N) is 1. The maximum atomic E-state index is 11.9. The molecule has 1 saturated heterocycles. The zero-order valence-corrected chi connectivity index (χ0v) is 11.4. The SMILES string of the molecule is O=C(O)/C=C/C(=O)NC(=O)N1CCC2CCCCC2C1. The van der Waals surface area contributed by atoms with Gasteiger partial charge in [0.1, 0.15) is 0 Å². The van der Waals surface area contributed by atoms with E-state index in [-0.39, 0.29) is 0 Å². The highest BCUT2D eigenvalue weighted by Gasteiger charge is 2.33. The summed E-state index contributed by atoms with van der Waals surface area (Å²) in [6.45, 7) is 1.37. The molecule has 2 atom stereocenters. The highest BCUT2D eigenvalue weighted by atomic mass is 16.4. The first-order valence-electron chi connectivity index (χ1n) is 7.07. The second-order valence-corrected chi connectivity index (χ2v) is 5.51. The average molecular weight is 280 g/mol. The van der Waals surface area contributed by atoms with Crippen LogP contribution in [0.25, 0.3) is 0 Å². The number of likely N-dealkylation sites (tertiary alicyclic amines) is 1. The number of carboxylic acid groups (broad SMARTS) is 1. The smallest absolute Gasteiger partial charge is 0.328 e. The van der Waals surface area contributed by atoms with E-state index in [4.69, 9.17) is 5.11 Å². The molecule has 2 N–H and O–H groups in total. The van der Waals surface area contributed by atoms with Crippen LogP contribution in [-0.4, -0.2) is 41.0 Å². The number of aliphatic carboxylic acids is 1. The number of amides is 3. The molecule has 1 aliphatic carbocycles. The van der Waals surface area contributed by atoms with Crippen LogP contribution in [-0.2, 0) is 9.59 Å². The second kappa shape index (κ2) is 6.54. The van der Waals surface area contributed by atoms with E-state index in [0.717, 1.165) is 30.9 Å². The Morgan fingerprint density at radius 2 is 1.75 bits per heavy atom. The summed E-state index contributed by atoms with van der Waals surface area (Å²) in [5.74, 6) is -0.637. The first-order chi connectivity index (χ1) is 9.56. The number of carbonyl (C=O) groups excluding carboxylic acids is 2. The van der Waals surface area contributed by atoms with Crippen LogP contribution >= 0.6 is 0 Å². The van der Waals surface area contributed by atoms with Gasteiger partial charge in [0.05, 0.1) is 0 Å². The van der Waals surface area contributed by atoms with Crippen molar-refractivity contribution < 1.29 is 19.5 Å². The predicted molar refractivity (Wildman–Crippen MR) is 72.0 cm³/mol. The highest BCUT2D eigenvalue weighted by Crippen LogP contribution is 2.35. The third-order valence-corrected chi connectivity index (χ3v) is 4.19. The summed E-state index contributed by atoms with van der Waals surface area (Å²) in [5, 5.41) is 10.6. The highest BCUT2D eigenvalue weighted by molar-refractivity contribution is 6.02. The molecule has 2 rings (SSSR count). The van der Waals surface area contributed by atoms with Crippen LogP contribution in [0.4, 0.5) is 4.79 Å². The topological polar surface area (TPSA) is 86.7 Å². The van der Waals surface area contributed by atoms with E-state index >= 15 is 0 Å². The summed E-state index contributed by atoms with van der Waals surface area (Å²) < 4.78 is 0. The molecule has 0 radical (unpaired) electrons. The minimum atomic E-state index is -1.21. The summed E-state index contributed by atoms with van der Waals surface area (Å²) in [5.41, 5.74) is 0. The molecule has 2 unspecified atom stereocenters. The molecule has 20 heavy (non-hydrogen) atoms. The van der Waals surface area contributed by atoms with Gasteiger partial charge in [-0.1, -0.05) is 19.3 Å². The van der Waals surface area contributed by atoms with Crippen molar-refractivity contribution in [1.29, 1.82) is 0 Å². The summed E-state index contributed by atoms with van der Waals surface area (Å²) in [4.78, 5) is 35.3. The number of piperidine rings is 1. The molecule has 6 nitrogen and oxygen atoms in total. The van der Waals surface area contributed by atoms with Crippen LogP contribution < -0.4 is 5.32 Å². The third kappa shape index (κ3) is 3.82. The molecule has 3 amide bonds. The minimum Gasteiger partial charge on any atom is -0.478 e. The van der Waals surface area contributed by atoms with Crippen LogP contribution in [0.1, 0.15) is 32.1 Å². The Morgan fingerprint density at radius 1 is 1.05 bits per heavy atom. The molecule has 1 aliphatic heterocycles. The Balaban J connectivity index is 1.84. The van der Waals surface area contributed by atoms with Crippen molar-refractivity contribution in [3.8, 4) is 0 Å². The Labute approximate surface area is 117 Å². The maximum Gasteiger partial charge on any atom is 0.328 e. The van der Waals surface area contributed by atoms with Gasteiger partial charge in [0.25, 0.3) is 5.91 Å². The number of fused-ring (bicyclic) bond motifs is 1. The van der Waals surface area contributed by atoms with Gasteiger partial charge in [-0.15, -0.1) is 0 Å². The standard InChI is InChI=1S/C14H20N2O4/c17-12(5-6-13(18)19)15-14(20)16-8-7-10-3-1-2-4-11(10)9-16/h5-6,10-11H,1-4,7-9H2,(H,18,19)(H,15,17,20)/b6-5+. The van der Waals surface area contributed by atoms with Gasteiger partial charge < -0.3 is 10.0 Å². The van der Waals surface area contributed by atoms with E-state index < -0.39 is 17.9 Å². The first-order valence-corrected chi connectivity index (χ1v) is 7.07. The Kier molecular flexibility index (Phi) is 4.76. The zero-order chi connectivity index (χ0) is 14.5. The zero-order valence-electron chi connectivity index (χ0n) is 11.4. The van der Waals surface area contributed by atoms with Crippen molar-refractivity contribution in [3.05, 3.63) is 12.2 Å². The molecule has 2 aliphatic rings. The number of rotatable bonds is 2. The van der Waals surface area contributed by atoms with E-state index in [1.54, 1.807) is 4.90 Å². The van der Waals surface area contributed by atoms with E-state index in [1.165, 1.54) is 19.3 Å². The third-order valence-electron chi connectivity index (χ3n) is 4.19. The largest absolute Gasteiger partial charge is 0.478 e. The van der Waals surface area contributed by atoms with Crippen molar-refractivity contribution in [1.82, 2.24) is 10.2 Å².